The van der Waals surface area contributed by atoms with E-state index in [4.69, 9.17) is 0 Å². The van der Waals surface area contributed by atoms with E-state index >= 15 is 0 Å². The first-order chi connectivity index (χ1) is 17.9. The molecule has 1 fully saturated rings. The highest BCUT2D eigenvalue weighted by atomic mass is 19.4. The third-order valence-electron chi connectivity index (χ3n) is 6.77. The lowest BCUT2D eigenvalue weighted by Gasteiger charge is -2.35. The second-order valence-corrected chi connectivity index (χ2v) is 9.11. The number of aromatic nitrogens is 5. The molecule has 0 radical (unpaired) electrons. The van der Waals surface area contributed by atoms with Crippen LogP contribution in [0.25, 0.3) is 22.3 Å². The molecule has 0 spiro atoms. The Bertz CT molecular complexity index is 1450. The Hall–Kier alpha value is -4.20. The molecule has 1 N–H and O–H groups in total. The van der Waals surface area contributed by atoms with Crippen molar-refractivity contribution < 1.29 is 18.0 Å². The first kappa shape index (κ1) is 24.5. The molecule has 3 heterocycles. The van der Waals surface area contributed by atoms with Gasteiger partial charge in [0.25, 0.3) is 0 Å². The Morgan fingerprint density at radius 1 is 1.22 bits per heavy atom. The van der Waals surface area contributed by atoms with E-state index in [2.05, 4.69) is 26.1 Å². The van der Waals surface area contributed by atoms with Gasteiger partial charge in [-0.1, -0.05) is 31.4 Å². The number of hydrogen-bond acceptors (Lipinski definition) is 5. The van der Waals surface area contributed by atoms with Gasteiger partial charge in [-0.25, -0.2) is 9.97 Å². The minimum absolute atomic E-state index is 0.0323. The Kier molecular flexibility index (Phi) is 6.65. The summed E-state index contributed by atoms with van der Waals surface area (Å²) in [4.78, 5) is 25.0. The molecule has 37 heavy (non-hydrogen) atoms. The average molecular weight is 508 g/mol. The van der Waals surface area contributed by atoms with Gasteiger partial charge in [0.05, 0.1) is 30.4 Å². The highest BCUT2D eigenvalue weighted by Gasteiger charge is 2.45. The molecule has 5 rings (SSSR count). The van der Waals surface area contributed by atoms with Crippen LogP contribution in [0.5, 0.6) is 0 Å². The van der Waals surface area contributed by atoms with Crippen molar-refractivity contribution in [1.29, 1.82) is 5.26 Å². The lowest BCUT2D eigenvalue weighted by Crippen LogP contribution is -2.48. The third kappa shape index (κ3) is 4.91. The summed E-state index contributed by atoms with van der Waals surface area (Å²) < 4.78 is 42.3. The van der Waals surface area contributed by atoms with E-state index in [1.807, 2.05) is 6.07 Å². The summed E-state index contributed by atoms with van der Waals surface area (Å²) in [7, 11) is 0. The summed E-state index contributed by atoms with van der Waals surface area (Å²) in [5.41, 5.74) is 2.81. The minimum Gasteiger partial charge on any atom is -0.346 e. The molecule has 8 nitrogen and oxygen atoms in total. The molecule has 0 saturated heterocycles. The van der Waals surface area contributed by atoms with E-state index in [1.165, 1.54) is 12.4 Å². The highest BCUT2D eigenvalue weighted by Crippen LogP contribution is 2.34. The maximum absolute atomic E-state index is 13.6. The van der Waals surface area contributed by atoms with E-state index in [0.29, 0.717) is 35.3 Å². The molecule has 1 aliphatic carbocycles. The predicted molar refractivity (Wildman–Crippen MR) is 130 cm³/mol. The van der Waals surface area contributed by atoms with Crippen LogP contribution in [0.4, 0.5) is 18.9 Å². The zero-order valence-corrected chi connectivity index (χ0v) is 19.8. The van der Waals surface area contributed by atoms with Gasteiger partial charge < -0.3 is 9.88 Å². The summed E-state index contributed by atoms with van der Waals surface area (Å²) in [5.74, 6) is -1.87. The largest absolute Gasteiger partial charge is 0.471 e. The molecule has 1 amide bonds. The molecule has 1 unspecified atom stereocenters. The van der Waals surface area contributed by atoms with Crippen molar-refractivity contribution in [3.63, 3.8) is 0 Å². The summed E-state index contributed by atoms with van der Waals surface area (Å²) in [6.07, 6.45) is 5.16. The molecule has 11 heteroatoms. The number of amides is 1. The van der Waals surface area contributed by atoms with Crippen molar-refractivity contribution in [1.82, 2.24) is 24.7 Å². The molecule has 1 aromatic carbocycles. The predicted octanol–water partition coefficient (Wildman–Crippen LogP) is 5.55. The number of nitrogens with zero attached hydrogens (tertiary/aromatic N) is 6. The van der Waals surface area contributed by atoms with Crippen molar-refractivity contribution in [2.45, 2.75) is 56.8 Å². The molecule has 3 aromatic heterocycles. The second-order valence-electron chi connectivity index (χ2n) is 9.11. The lowest BCUT2D eigenvalue weighted by atomic mass is 9.93. The standard InChI is InChI=1S/C26H24F3N7O/c27-26(28,29)25(37)36(19-6-2-1-3-7-19)20-8-4-5-17(13-20)22(9-11-30)35-15-18(14-34-35)23-21-10-12-31-24(21)33-16-32-23/h4-5,8,10,12-16,19,22H,1-3,6-7,9H2,(H,31,32,33). The number of rotatable bonds is 6. The lowest BCUT2D eigenvalue weighted by molar-refractivity contribution is -0.171. The molecule has 0 aliphatic heterocycles. The molecule has 190 valence electrons. The SMILES string of the molecule is N#CCC(c1cccc(N(C(=O)C(F)(F)F)C2CCCCC2)c1)n1cc(-c2ncnc3[nH]ccc23)cn1. The molecular weight excluding hydrogens is 483 g/mol. The van der Waals surface area contributed by atoms with E-state index < -0.39 is 24.2 Å². The number of H-pyrrole nitrogens is 1. The Balaban J connectivity index is 1.51. The number of carbonyl (C=O) groups excluding carboxylic acids is 1. The quantitative estimate of drug-likeness (QED) is 0.368. The maximum Gasteiger partial charge on any atom is 0.471 e. The number of nitriles is 1. The van der Waals surface area contributed by atoms with Crippen LogP contribution in [0, 0.1) is 11.3 Å². The number of carbonyl (C=O) groups is 1. The van der Waals surface area contributed by atoms with Crippen molar-refractivity contribution in [2.24, 2.45) is 0 Å². The summed E-state index contributed by atoms with van der Waals surface area (Å²) in [5, 5.41) is 14.8. The van der Waals surface area contributed by atoms with Gasteiger partial charge in [0.2, 0.25) is 0 Å². The number of halogens is 3. The highest BCUT2D eigenvalue weighted by molar-refractivity contribution is 5.98. The zero-order valence-electron chi connectivity index (χ0n) is 19.8. The van der Waals surface area contributed by atoms with E-state index in [-0.39, 0.29) is 12.1 Å². The number of nitrogens with one attached hydrogen (secondary N) is 1. The molecular formula is C26H24F3N7O. The van der Waals surface area contributed by atoms with E-state index in [9.17, 15) is 23.2 Å². The van der Waals surface area contributed by atoms with Gasteiger partial charge in [-0.3, -0.25) is 9.48 Å². The van der Waals surface area contributed by atoms with Gasteiger partial charge in [-0.05, 0) is 36.6 Å². The van der Waals surface area contributed by atoms with Crippen LogP contribution >= 0.6 is 0 Å². The van der Waals surface area contributed by atoms with Gasteiger partial charge in [-0.2, -0.15) is 23.5 Å². The van der Waals surface area contributed by atoms with Gasteiger partial charge in [0.1, 0.15) is 12.0 Å². The van der Waals surface area contributed by atoms with E-state index in [1.54, 1.807) is 41.5 Å². The monoisotopic (exact) mass is 507 g/mol. The van der Waals surface area contributed by atoms with Gasteiger partial charge in [0, 0.05) is 35.1 Å². The van der Waals surface area contributed by atoms with Crippen LogP contribution < -0.4 is 4.90 Å². The average Bonchev–Trinajstić information content (AvgIpc) is 3.58. The second kappa shape index (κ2) is 10.0. The zero-order chi connectivity index (χ0) is 26.0. The number of fused-ring (bicyclic) bond motifs is 1. The molecule has 1 saturated carbocycles. The molecule has 4 aromatic rings. The fourth-order valence-electron chi connectivity index (χ4n) is 5.04. The van der Waals surface area contributed by atoms with Gasteiger partial charge in [0.15, 0.2) is 0 Å². The van der Waals surface area contributed by atoms with Crippen LogP contribution in [-0.2, 0) is 4.79 Å². The molecule has 1 aliphatic rings. The summed E-state index contributed by atoms with van der Waals surface area (Å²) in [6.45, 7) is 0. The minimum atomic E-state index is -4.99. The van der Waals surface area contributed by atoms with Crippen molar-refractivity contribution in [3.8, 4) is 17.3 Å². The maximum atomic E-state index is 13.6. The number of anilines is 1. The fraction of sp³-hybridized carbons (Fsp3) is 0.346. The molecule has 0 bridgehead atoms. The molecule has 1 atom stereocenters. The topological polar surface area (TPSA) is 103 Å². The Morgan fingerprint density at radius 3 is 2.78 bits per heavy atom. The number of aromatic amines is 1. The normalized spacial score (nSPS) is 15.4. The number of hydrogen-bond donors (Lipinski definition) is 1. The van der Waals surface area contributed by atoms with Crippen LogP contribution in [0.15, 0.2) is 55.2 Å². The van der Waals surface area contributed by atoms with Crippen LogP contribution in [0.2, 0.25) is 0 Å². The van der Waals surface area contributed by atoms with Crippen molar-refractivity contribution in [3.05, 3.63) is 60.8 Å². The summed E-state index contributed by atoms with van der Waals surface area (Å²) in [6, 6.07) is 9.34. The van der Waals surface area contributed by atoms with Crippen LogP contribution in [-0.4, -0.2) is 42.9 Å². The Morgan fingerprint density at radius 2 is 2.03 bits per heavy atom. The van der Waals surface area contributed by atoms with Crippen LogP contribution in [0.1, 0.15) is 50.1 Å². The van der Waals surface area contributed by atoms with Crippen molar-refractivity contribution >= 4 is 22.6 Å². The Labute approximate surface area is 210 Å². The first-order valence-corrected chi connectivity index (χ1v) is 12.1. The third-order valence-corrected chi connectivity index (χ3v) is 6.77. The van der Waals surface area contributed by atoms with Gasteiger partial charge >= 0.3 is 12.1 Å². The van der Waals surface area contributed by atoms with E-state index in [0.717, 1.165) is 29.5 Å². The number of benzene rings is 1. The smallest absolute Gasteiger partial charge is 0.346 e. The first-order valence-electron chi connectivity index (χ1n) is 12.1. The van der Waals surface area contributed by atoms with Crippen LogP contribution in [0.3, 0.4) is 0 Å². The number of alkyl halides is 3. The fourth-order valence-corrected chi connectivity index (χ4v) is 5.04. The van der Waals surface area contributed by atoms with Gasteiger partial charge in [-0.15, -0.1) is 0 Å². The van der Waals surface area contributed by atoms with Crippen molar-refractivity contribution in [2.75, 3.05) is 4.90 Å². The summed E-state index contributed by atoms with van der Waals surface area (Å²) >= 11 is 0.